The molecule has 2 heterocycles. The zero-order valence-corrected chi connectivity index (χ0v) is 13.1. The molecule has 0 spiro atoms. The number of fused-ring (bicyclic) bond motifs is 3. The van der Waals surface area contributed by atoms with Gasteiger partial charge >= 0.3 is 0 Å². The summed E-state index contributed by atoms with van der Waals surface area (Å²) in [5, 5.41) is 3.16. The first-order chi connectivity index (χ1) is 10.7. The Balaban J connectivity index is 1.61. The molecule has 1 aliphatic carbocycles. The van der Waals surface area contributed by atoms with Crippen molar-refractivity contribution < 1.29 is 4.79 Å². The Labute approximate surface area is 130 Å². The van der Waals surface area contributed by atoms with E-state index in [1.165, 1.54) is 30.6 Å². The SMILES string of the molecule is CC1CCn2c(nc3cc(C(=O)NC4CCCC4)ccc32)C1. The number of aryl methyl sites for hydroxylation is 1. The molecule has 4 rings (SSSR count). The van der Waals surface area contributed by atoms with E-state index in [-0.39, 0.29) is 5.91 Å². The average Bonchev–Trinajstić information content (AvgIpc) is 3.12. The van der Waals surface area contributed by atoms with Gasteiger partial charge in [-0.15, -0.1) is 0 Å². The number of nitrogens with zero attached hydrogens (tertiary/aromatic N) is 2. The molecule has 0 bridgehead atoms. The minimum absolute atomic E-state index is 0.0492. The van der Waals surface area contributed by atoms with Crippen LogP contribution in [0.2, 0.25) is 0 Å². The molecule has 116 valence electrons. The third kappa shape index (κ3) is 2.40. The number of nitrogens with one attached hydrogen (secondary N) is 1. The van der Waals surface area contributed by atoms with Crippen LogP contribution in [0.15, 0.2) is 18.2 Å². The predicted octanol–water partition coefficient (Wildman–Crippen LogP) is 3.29. The molecular weight excluding hydrogens is 274 g/mol. The molecule has 22 heavy (non-hydrogen) atoms. The van der Waals surface area contributed by atoms with E-state index in [0.717, 1.165) is 36.9 Å². The second-order valence-electron chi connectivity index (χ2n) is 6.94. The molecule has 1 amide bonds. The van der Waals surface area contributed by atoms with Crippen LogP contribution in [0.25, 0.3) is 11.0 Å². The van der Waals surface area contributed by atoms with Crippen molar-refractivity contribution in [2.75, 3.05) is 0 Å². The molecule has 1 atom stereocenters. The Morgan fingerprint density at radius 3 is 2.91 bits per heavy atom. The van der Waals surface area contributed by atoms with Gasteiger partial charge in [-0.05, 0) is 43.4 Å². The summed E-state index contributed by atoms with van der Waals surface area (Å²) in [6.45, 7) is 3.32. The van der Waals surface area contributed by atoms with Crippen molar-refractivity contribution in [2.24, 2.45) is 5.92 Å². The predicted molar refractivity (Wildman–Crippen MR) is 86.9 cm³/mol. The van der Waals surface area contributed by atoms with E-state index in [0.29, 0.717) is 12.0 Å². The highest BCUT2D eigenvalue weighted by Gasteiger charge is 2.21. The molecule has 1 aliphatic heterocycles. The van der Waals surface area contributed by atoms with Gasteiger partial charge in [-0.2, -0.15) is 0 Å². The number of aromatic nitrogens is 2. The molecule has 1 unspecified atom stereocenters. The van der Waals surface area contributed by atoms with E-state index in [4.69, 9.17) is 4.98 Å². The lowest BCUT2D eigenvalue weighted by molar-refractivity contribution is 0.0938. The van der Waals surface area contributed by atoms with Gasteiger partial charge in [0.25, 0.3) is 5.91 Å². The fourth-order valence-electron chi connectivity index (χ4n) is 3.83. The lowest BCUT2D eigenvalue weighted by atomic mass is 10.0. The molecule has 2 aliphatic rings. The average molecular weight is 297 g/mol. The summed E-state index contributed by atoms with van der Waals surface area (Å²) >= 11 is 0. The largest absolute Gasteiger partial charge is 0.349 e. The van der Waals surface area contributed by atoms with Gasteiger partial charge < -0.3 is 9.88 Å². The highest BCUT2D eigenvalue weighted by atomic mass is 16.1. The monoisotopic (exact) mass is 297 g/mol. The van der Waals surface area contributed by atoms with Gasteiger partial charge in [0.05, 0.1) is 11.0 Å². The van der Waals surface area contributed by atoms with Gasteiger partial charge in [0.15, 0.2) is 0 Å². The first-order valence-corrected chi connectivity index (χ1v) is 8.51. The van der Waals surface area contributed by atoms with Gasteiger partial charge in [-0.3, -0.25) is 4.79 Å². The molecule has 1 saturated carbocycles. The number of carbonyl (C=O) groups is 1. The third-order valence-corrected chi connectivity index (χ3v) is 5.16. The molecule has 1 fully saturated rings. The first-order valence-electron chi connectivity index (χ1n) is 8.51. The zero-order valence-electron chi connectivity index (χ0n) is 13.1. The Hall–Kier alpha value is -1.84. The highest BCUT2D eigenvalue weighted by Crippen LogP contribution is 2.26. The van der Waals surface area contributed by atoms with Crippen LogP contribution < -0.4 is 5.32 Å². The fourth-order valence-corrected chi connectivity index (χ4v) is 3.83. The molecule has 0 saturated heterocycles. The van der Waals surface area contributed by atoms with E-state index in [9.17, 15) is 4.79 Å². The van der Waals surface area contributed by atoms with Crippen LogP contribution in [0.4, 0.5) is 0 Å². The second kappa shape index (κ2) is 5.41. The summed E-state index contributed by atoms with van der Waals surface area (Å²) in [6, 6.07) is 6.32. The molecule has 0 radical (unpaired) electrons. The number of rotatable bonds is 2. The van der Waals surface area contributed by atoms with Gasteiger partial charge in [-0.1, -0.05) is 19.8 Å². The Kier molecular flexibility index (Phi) is 3.40. The van der Waals surface area contributed by atoms with E-state index in [2.05, 4.69) is 22.9 Å². The Bertz CT molecular complexity index is 712. The van der Waals surface area contributed by atoms with Crippen LogP contribution in [-0.2, 0) is 13.0 Å². The number of hydrogen-bond donors (Lipinski definition) is 1. The summed E-state index contributed by atoms with van der Waals surface area (Å²) in [6.07, 6.45) is 6.95. The van der Waals surface area contributed by atoms with E-state index < -0.39 is 0 Å². The number of amides is 1. The summed E-state index contributed by atoms with van der Waals surface area (Å²) < 4.78 is 2.31. The minimum Gasteiger partial charge on any atom is -0.349 e. The lowest BCUT2D eigenvalue weighted by Crippen LogP contribution is -2.32. The highest BCUT2D eigenvalue weighted by molar-refractivity contribution is 5.97. The van der Waals surface area contributed by atoms with Crippen LogP contribution in [0.3, 0.4) is 0 Å². The van der Waals surface area contributed by atoms with E-state index in [1.807, 2.05) is 12.1 Å². The van der Waals surface area contributed by atoms with Gasteiger partial charge in [-0.25, -0.2) is 4.98 Å². The molecule has 2 aromatic rings. The summed E-state index contributed by atoms with van der Waals surface area (Å²) in [7, 11) is 0. The van der Waals surface area contributed by atoms with Crippen LogP contribution in [-0.4, -0.2) is 21.5 Å². The van der Waals surface area contributed by atoms with Crippen LogP contribution in [0, 0.1) is 5.92 Å². The minimum atomic E-state index is 0.0492. The fraction of sp³-hybridized carbons (Fsp3) is 0.556. The van der Waals surface area contributed by atoms with Crippen molar-refractivity contribution in [1.29, 1.82) is 0 Å². The Morgan fingerprint density at radius 1 is 1.27 bits per heavy atom. The normalized spacial score (nSPS) is 22.0. The number of benzene rings is 1. The molecule has 1 N–H and O–H groups in total. The van der Waals surface area contributed by atoms with Crippen molar-refractivity contribution >= 4 is 16.9 Å². The first kappa shape index (κ1) is 13.8. The number of hydrogen-bond acceptors (Lipinski definition) is 2. The van der Waals surface area contributed by atoms with Crippen LogP contribution in [0.1, 0.15) is 55.2 Å². The summed E-state index contributed by atoms with van der Waals surface area (Å²) in [5.74, 6) is 1.92. The van der Waals surface area contributed by atoms with Crippen LogP contribution >= 0.6 is 0 Å². The van der Waals surface area contributed by atoms with Crippen molar-refractivity contribution in [1.82, 2.24) is 14.9 Å². The maximum Gasteiger partial charge on any atom is 0.251 e. The zero-order chi connectivity index (χ0) is 15.1. The molecular formula is C18H23N3O. The quantitative estimate of drug-likeness (QED) is 0.924. The number of carbonyl (C=O) groups excluding carboxylic acids is 1. The van der Waals surface area contributed by atoms with Crippen LogP contribution in [0.5, 0.6) is 0 Å². The van der Waals surface area contributed by atoms with Crippen molar-refractivity contribution in [3.8, 4) is 0 Å². The topological polar surface area (TPSA) is 46.9 Å². The standard InChI is InChI=1S/C18H23N3O/c1-12-8-9-21-16-7-6-13(11-15(16)20-17(21)10-12)18(22)19-14-4-2-3-5-14/h6-7,11-12,14H,2-5,8-10H2,1H3,(H,19,22). The van der Waals surface area contributed by atoms with Crippen molar-refractivity contribution in [3.05, 3.63) is 29.6 Å². The lowest BCUT2D eigenvalue weighted by Gasteiger charge is -2.20. The van der Waals surface area contributed by atoms with Crippen molar-refractivity contribution in [3.63, 3.8) is 0 Å². The van der Waals surface area contributed by atoms with Gasteiger partial charge in [0, 0.05) is 24.6 Å². The third-order valence-electron chi connectivity index (χ3n) is 5.16. The molecule has 1 aromatic carbocycles. The maximum atomic E-state index is 12.4. The van der Waals surface area contributed by atoms with Gasteiger partial charge in [0.2, 0.25) is 0 Å². The molecule has 4 heteroatoms. The summed E-state index contributed by atoms with van der Waals surface area (Å²) in [5.41, 5.74) is 2.87. The number of imidazole rings is 1. The second-order valence-corrected chi connectivity index (χ2v) is 6.94. The summed E-state index contributed by atoms with van der Waals surface area (Å²) in [4.78, 5) is 17.2. The van der Waals surface area contributed by atoms with E-state index in [1.54, 1.807) is 0 Å². The van der Waals surface area contributed by atoms with E-state index >= 15 is 0 Å². The molecule has 1 aromatic heterocycles. The van der Waals surface area contributed by atoms with Crippen molar-refractivity contribution in [2.45, 2.75) is 58.0 Å². The molecule has 4 nitrogen and oxygen atoms in total. The Morgan fingerprint density at radius 2 is 2.09 bits per heavy atom. The smallest absolute Gasteiger partial charge is 0.251 e. The maximum absolute atomic E-state index is 12.4. The van der Waals surface area contributed by atoms with Gasteiger partial charge in [0.1, 0.15) is 5.82 Å².